The van der Waals surface area contributed by atoms with E-state index in [1.807, 2.05) is 11.8 Å². The molecule has 7 heterocycles. The number of hydrogen-bond donors (Lipinski definition) is 1. The first kappa shape index (κ1) is 47.4. The maximum absolute atomic E-state index is 15.7. The highest BCUT2D eigenvalue weighted by atomic mass is 32.2. The standard InChI is InChI=1S/C45H48F5N7O10S2/c1-23-38(53-34-8-7-30(16-32(34)46)69(3,61)62)54-37(55-39(23)66-36-14-26-19-63-20-27-18-44(36,57(26)27)21-45(48,49)50)17-31-40(51-22-52-41(31)65-35-9-6-29(68(59)60)15-33(35)47)64-28-12-24-4-5-25(13-28)56(24)42(58)67-43(2)10-11-43/h6-9,15-16,22,24-28,36H,4-5,10-14,17-21H2,1-3H3,(H,59,60)(H,53,54,55)/p-1. The van der Waals surface area contributed by atoms with Gasteiger partial charge in [-0.2, -0.15) is 18.2 Å². The van der Waals surface area contributed by atoms with Crippen LogP contribution in [0.3, 0.4) is 0 Å². The Morgan fingerprint density at radius 3 is 2.35 bits per heavy atom. The predicted octanol–water partition coefficient (Wildman–Crippen LogP) is 7.00. The molecule has 1 aliphatic carbocycles. The summed E-state index contributed by atoms with van der Waals surface area (Å²) < 4.78 is 153. The van der Waals surface area contributed by atoms with E-state index in [1.54, 1.807) is 4.90 Å². The molecule has 2 aromatic heterocycles. The second-order valence-electron chi connectivity index (χ2n) is 19.0. The van der Waals surface area contributed by atoms with Gasteiger partial charge in [-0.3, -0.25) is 9.11 Å². The molecule has 2 aromatic carbocycles. The lowest BCUT2D eigenvalue weighted by molar-refractivity contribution is -0.225. The average Bonchev–Trinajstić information content (AvgIpc) is 3.83. The van der Waals surface area contributed by atoms with Gasteiger partial charge in [0.25, 0.3) is 0 Å². The summed E-state index contributed by atoms with van der Waals surface area (Å²) >= 11 is -2.75. The van der Waals surface area contributed by atoms with Crippen LogP contribution in [0.25, 0.3) is 0 Å². The Bertz CT molecular complexity index is 2830. The van der Waals surface area contributed by atoms with Crippen molar-refractivity contribution in [1.82, 2.24) is 29.7 Å². The van der Waals surface area contributed by atoms with Gasteiger partial charge in [0.15, 0.2) is 21.4 Å². The predicted molar refractivity (Wildman–Crippen MR) is 232 cm³/mol. The lowest BCUT2D eigenvalue weighted by atomic mass is 9.74. The number of morpholine rings is 1. The molecule has 10 rings (SSSR count). The number of nitrogens with one attached hydrogen (secondary N) is 1. The zero-order chi connectivity index (χ0) is 48.8. The maximum Gasteiger partial charge on any atom is 0.410 e. The summed E-state index contributed by atoms with van der Waals surface area (Å²) in [7, 11) is -3.79. The number of amides is 1. The van der Waals surface area contributed by atoms with Crippen LogP contribution < -0.4 is 19.5 Å². The Balaban J connectivity index is 1.03. The van der Waals surface area contributed by atoms with Crippen LogP contribution in [-0.2, 0) is 36.8 Å². The molecule has 6 fully saturated rings. The summed E-state index contributed by atoms with van der Waals surface area (Å²) in [4.78, 5) is 34.5. The van der Waals surface area contributed by atoms with Gasteiger partial charge in [-0.05, 0) is 93.4 Å². The summed E-state index contributed by atoms with van der Waals surface area (Å²) in [5, 5.41) is 2.89. The topological polar surface area (TPSA) is 208 Å². The highest BCUT2D eigenvalue weighted by Crippen LogP contribution is 2.56. The van der Waals surface area contributed by atoms with Crippen LogP contribution in [0.2, 0.25) is 0 Å². The number of ether oxygens (including phenoxy) is 5. The number of alkyl halides is 3. The Morgan fingerprint density at radius 2 is 1.68 bits per heavy atom. The van der Waals surface area contributed by atoms with E-state index in [0.29, 0.717) is 12.8 Å². The van der Waals surface area contributed by atoms with Crippen molar-refractivity contribution in [2.45, 2.75) is 142 Å². The molecule has 7 atom stereocenters. The number of carbonyl (C=O) groups is 1. The van der Waals surface area contributed by atoms with Crippen molar-refractivity contribution >= 4 is 38.5 Å². The van der Waals surface area contributed by atoms with Gasteiger partial charge in [-0.1, -0.05) is 0 Å². The molecule has 69 heavy (non-hydrogen) atoms. The molecule has 1 saturated carbocycles. The third-order valence-corrected chi connectivity index (χ3v) is 15.8. The minimum Gasteiger partial charge on any atom is -0.768 e. The van der Waals surface area contributed by atoms with Crippen molar-refractivity contribution in [3.63, 3.8) is 0 Å². The normalized spacial score (nSPS) is 27.2. The monoisotopic (exact) mass is 1000 g/mol. The van der Waals surface area contributed by atoms with E-state index in [-0.39, 0.29) is 119 Å². The van der Waals surface area contributed by atoms with Gasteiger partial charge in [0.05, 0.1) is 46.9 Å². The molecule has 5 aliphatic heterocycles. The SMILES string of the molecule is Cc1c(Nc2ccc(S(C)(=O)=O)cc2F)nc(Cc2c(Oc3ccc(S(=O)[O-])cc3F)ncnc2OC2CC3CCC(C2)N3C(=O)OC2(C)CC2)nc1OC1CC2COCC3CC1(CC(F)(F)F)N23. The van der Waals surface area contributed by atoms with Crippen LogP contribution in [0, 0.1) is 18.6 Å². The molecule has 4 aromatic rings. The number of nitrogens with zero attached hydrogens (tertiary/aromatic N) is 6. The van der Waals surface area contributed by atoms with Gasteiger partial charge in [0, 0.05) is 61.0 Å². The average molecular weight is 1010 g/mol. The molecular weight excluding hydrogens is 958 g/mol. The Kier molecular flexibility index (Phi) is 12.0. The number of rotatable bonds is 14. The smallest absolute Gasteiger partial charge is 0.410 e. The molecule has 1 amide bonds. The van der Waals surface area contributed by atoms with Gasteiger partial charge in [0.1, 0.15) is 41.6 Å². The van der Waals surface area contributed by atoms with Crippen LogP contribution in [-0.4, -0.2) is 126 Å². The van der Waals surface area contributed by atoms with Crippen molar-refractivity contribution in [3.05, 3.63) is 71.3 Å². The number of halogens is 5. The first-order valence-corrected chi connectivity index (χ1v) is 25.4. The van der Waals surface area contributed by atoms with E-state index in [1.165, 1.54) is 19.1 Å². The molecule has 0 spiro atoms. The van der Waals surface area contributed by atoms with Crippen LogP contribution >= 0.6 is 0 Å². The van der Waals surface area contributed by atoms with E-state index in [0.717, 1.165) is 62.5 Å². The number of hydrogen-bond acceptors (Lipinski definition) is 16. The highest BCUT2D eigenvalue weighted by Gasteiger charge is 2.68. The number of sulfone groups is 1. The van der Waals surface area contributed by atoms with Crippen LogP contribution in [0.5, 0.6) is 23.4 Å². The van der Waals surface area contributed by atoms with Gasteiger partial charge >= 0.3 is 12.3 Å². The summed E-state index contributed by atoms with van der Waals surface area (Å²) in [6, 6.07) is 5.25. The quantitative estimate of drug-likeness (QED) is 0.0997. The molecule has 7 unspecified atom stereocenters. The van der Waals surface area contributed by atoms with E-state index < -0.39 is 74.2 Å². The minimum atomic E-state index is -4.55. The van der Waals surface area contributed by atoms with Crippen molar-refractivity contribution in [2.24, 2.45) is 0 Å². The van der Waals surface area contributed by atoms with Crippen molar-refractivity contribution in [3.8, 4) is 23.4 Å². The Morgan fingerprint density at radius 1 is 0.957 bits per heavy atom. The number of piperidine rings is 1. The lowest BCUT2D eigenvalue weighted by Crippen LogP contribution is -2.73. The molecule has 6 aliphatic rings. The molecule has 2 bridgehead atoms. The van der Waals surface area contributed by atoms with Gasteiger partial charge < -0.3 is 38.5 Å². The van der Waals surface area contributed by atoms with E-state index in [2.05, 4.69) is 15.3 Å². The van der Waals surface area contributed by atoms with E-state index >= 15 is 8.78 Å². The van der Waals surface area contributed by atoms with Crippen molar-refractivity contribution in [1.29, 1.82) is 0 Å². The fourth-order valence-electron chi connectivity index (χ4n) is 10.6. The molecular formula is C45H47F5N7O10S2-. The Hall–Kier alpha value is -5.30. The van der Waals surface area contributed by atoms with Crippen molar-refractivity contribution < 1.29 is 67.6 Å². The van der Waals surface area contributed by atoms with Gasteiger partial charge in [-0.15, -0.1) is 0 Å². The van der Waals surface area contributed by atoms with Crippen LogP contribution in [0.15, 0.2) is 52.5 Å². The van der Waals surface area contributed by atoms with Crippen molar-refractivity contribution in [2.75, 3.05) is 24.8 Å². The summed E-state index contributed by atoms with van der Waals surface area (Å²) in [6.07, 6.45) is -1.74. The maximum atomic E-state index is 15.7. The zero-order valence-electron chi connectivity index (χ0n) is 37.5. The number of fused-ring (bicyclic) bond motifs is 2. The Labute approximate surface area is 395 Å². The second kappa shape index (κ2) is 17.5. The molecule has 17 nitrogen and oxygen atoms in total. The first-order chi connectivity index (χ1) is 32.6. The molecule has 24 heteroatoms. The van der Waals surface area contributed by atoms with Crippen LogP contribution in [0.1, 0.15) is 81.7 Å². The number of aromatic nitrogens is 4. The highest BCUT2D eigenvalue weighted by molar-refractivity contribution is 7.90. The number of benzene rings is 2. The number of anilines is 2. The summed E-state index contributed by atoms with van der Waals surface area (Å²) in [6.45, 7) is 3.92. The third-order valence-electron chi connectivity index (χ3n) is 14.1. The van der Waals surface area contributed by atoms with E-state index in [9.17, 15) is 35.1 Å². The summed E-state index contributed by atoms with van der Waals surface area (Å²) in [5.74, 6) is -2.98. The minimum absolute atomic E-state index is 0.0375. The van der Waals surface area contributed by atoms with E-state index in [4.69, 9.17) is 33.7 Å². The van der Waals surface area contributed by atoms with Crippen LogP contribution in [0.4, 0.5) is 38.3 Å². The van der Waals surface area contributed by atoms with Gasteiger partial charge in [-0.25, -0.2) is 36.9 Å². The second-order valence-corrected chi connectivity index (χ2v) is 22.0. The summed E-state index contributed by atoms with van der Waals surface area (Å²) in [5.41, 5.74) is -1.84. The number of carbonyl (C=O) groups excluding carboxylic acids is 1. The fraction of sp³-hybridized carbons (Fsp3) is 0.533. The zero-order valence-corrected chi connectivity index (χ0v) is 39.1. The first-order valence-electron chi connectivity index (χ1n) is 22.5. The van der Waals surface area contributed by atoms with Gasteiger partial charge in [0.2, 0.25) is 17.6 Å². The molecule has 1 N–H and O–H groups in total. The third kappa shape index (κ3) is 9.41. The molecule has 5 saturated heterocycles. The molecule has 370 valence electrons. The fourth-order valence-corrected chi connectivity index (χ4v) is 11.6. The lowest BCUT2D eigenvalue weighted by Gasteiger charge is -2.59. The largest absolute Gasteiger partial charge is 0.768 e. The molecule has 0 radical (unpaired) electrons.